The molecule has 4 atom stereocenters. The highest BCUT2D eigenvalue weighted by molar-refractivity contribution is 5.67. The van der Waals surface area contributed by atoms with Crippen LogP contribution in [0.3, 0.4) is 0 Å². The number of carbonyl (C=O) groups is 1. The van der Waals surface area contributed by atoms with Gasteiger partial charge in [-0.1, -0.05) is 36.4 Å². The summed E-state index contributed by atoms with van der Waals surface area (Å²) in [4.78, 5) is 20.7. The SMILES string of the molecule is C=CCNC(=O)O[C@@H]1CO[C@H]2[C@@H]1OC[C@@H]2Nc1nccc(-c2ccccc2)n1. The monoisotopic (exact) mass is 382 g/mol. The number of ether oxygens (including phenoxy) is 3. The van der Waals surface area contributed by atoms with Gasteiger partial charge >= 0.3 is 6.09 Å². The van der Waals surface area contributed by atoms with Crippen molar-refractivity contribution in [2.24, 2.45) is 0 Å². The van der Waals surface area contributed by atoms with Crippen molar-refractivity contribution in [3.63, 3.8) is 0 Å². The molecule has 3 heterocycles. The van der Waals surface area contributed by atoms with E-state index in [1.54, 1.807) is 12.3 Å². The van der Waals surface area contributed by atoms with Gasteiger partial charge in [0.1, 0.15) is 12.2 Å². The van der Waals surface area contributed by atoms with E-state index in [1.807, 2.05) is 36.4 Å². The molecule has 0 bridgehead atoms. The Morgan fingerprint density at radius 3 is 2.86 bits per heavy atom. The van der Waals surface area contributed by atoms with Crippen LogP contribution in [-0.4, -0.2) is 60.2 Å². The van der Waals surface area contributed by atoms with Crippen LogP contribution in [0.25, 0.3) is 11.3 Å². The second-order valence-electron chi connectivity index (χ2n) is 6.59. The summed E-state index contributed by atoms with van der Waals surface area (Å²) in [5.41, 5.74) is 1.85. The molecular formula is C20H22N4O4. The average Bonchev–Trinajstić information content (AvgIpc) is 3.31. The van der Waals surface area contributed by atoms with E-state index in [0.29, 0.717) is 25.7 Å². The molecule has 2 aliphatic rings. The van der Waals surface area contributed by atoms with Gasteiger partial charge < -0.3 is 24.8 Å². The Balaban J connectivity index is 1.38. The van der Waals surface area contributed by atoms with E-state index in [4.69, 9.17) is 14.2 Å². The van der Waals surface area contributed by atoms with Crippen LogP contribution in [0, 0.1) is 0 Å². The number of benzene rings is 1. The molecule has 0 radical (unpaired) electrons. The summed E-state index contributed by atoms with van der Waals surface area (Å²) in [7, 11) is 0. The summed E-state index contributed by atoms with van der Waals surface area (Å²) in [5.74, 6) is 0.507. The molecule has 146 valence electrons. The molecule has 0 unspecified atom stereocenters. The van der Waals surface area contributed by atoms with Gasteiger partial charge in [0, 0.05) is 18.3 Å². The van der Waals surface area contributed by atoms with Gasteiger partial charge in [-0.3, -0.25) is 0 Å². The number of hydrogen-bond donors (Lipinski definition) is 2. The Morgan fingerprint density at radius 2 is 2.04 bits per heavy atom. The van der Waals surface area contributed by atoms with E-state index in [9.17, 15) is 4.79 Å². The summed E-state index contributed by atoms with van der Waals surface area (Å²) in [6.07, 6.45) is 1.80. The average molecular weight is 382 g/mol. The molecule has 2 aromatic rings. The number of fused-ring (bicyclic) bond motifs is 1. The number of hydrogen-bond acceptors (Lipinski definition) is 7. The van der Waals surface area contributed by atoms with Crippen molar-refractivity contribution in [3.05, 3.63) is 55.3 Å². The first-order valence-electron chi connectivity index (χ1n) is 9.18. The van der Waals surface area contributed by atoms with Gasteiger partial charge in [0.05, 0.1) is 24.9 Å². The third-order valence-corrected chi connectivity index (χ3v) is 4.70. The Kier molecular flexibility index (Phi) is 5.50. The molecule has 2 N–H and O–H groups in total. The lowest BCUT2D eigenvalue weighted by atomic mass is 10.1. The maximum absolute atomic E-state index is 11.8. The molecule has 1 amide bonds. The van der Waals surface area contributed by atoms with Crippen LogP contribution in [-0.2, 0) is 14.2 Å². The predicted octanol–water partition coefficient (Wildman–Crippen LogP) is 2.00. The van der Waals surface area contributed by atoms with Crippen molar-refractivity contribution in [2.45, 2.75) is 24.4 Å². The molecule has 4 rings (SSSR count). The van der Waals surface area contributed by atoms with E-state index in [2.05, 4.69) is 27.2 Å². The molecule has 2 saturated heterocycles. The number of nitrogens with one attached hydrogen (secondary N) is 2. The zero-order valence-electron chi connectivity index (χ0n) is 15.3. The van der Waals surface area contributed by atoms with E-state index in [1.165, 1.54) is 0 Å². The molecule has 28 heavy (non-hydrogen) atoms. The number of aromatic nitrogens is 2. The van der Waals surface area contributed by atoms with Gasteiger partial charge in [-0.15, -0.1) is 6.58 Å². The van der Waals surface area contributed by atoms with Crippen LogP contribution < -0.4 is 10.6 Å². The Labute approximate surface area is 162 Å². The zero-order chi connectivity index (χ0) is 19.3. The van der Waals surface area contributed by atoms with Crippen LogP contribution in [0.15, 0.2) is 55.3 Å². The lowest BCUT2D eigenvalue weighted by Crippen LogP contribution is -2.39. The second-order valence-corrected chi connectivity index (χ2v) is 6.59. The third kappa shape index (κ3) is 3.97. The summed E-state index contributed by atoms with van der Waals surface area (Å²) >= 11 is 0. The first kappa shape index (κ1) is 18.4. The fraction of sp³-hybridized carbons (Fsp3) is 0.350. The van der Waals surface area contributed by atoms with Crippen LogP contribution in [0.5, 0.6) is 0 Å². The smallest absolute Gasteiger partial charge is 0.407 e. The normalized spacial score (nSPS) is 25.7. The molecule has 1 aromatic heterocycles. The summed E-state index contributed by atoms with van der Waals surface area (Å²) in [6.45, 7) is 4.61. The minimum atomic E-state index is -0.506. The largest absolute Gasteiger partial charge is 0.441 e. The summed E-state index contributed by atoms with van der Waals surface area (Å²) in [5, 5.41) is 5.87. The van der Waals surface area contributed by atoms with Gasteiger partial charge in [0.2, 0.25) is 5.95 Å². The van der Waals surface area contributed by atoms with E-state index in [0.717, 1.165) is 11.3 Å². The van der Waals surface area contributed by atoms with Gasteiger partial charge in [-0.05, 0) is 6.07 Å². The maximum Gasteiger partial charge on any atom is 0.407 e. The molecule has 0 spiro atoms. The van der Waals surface area contributed by atoms with Gasteiger partial charge in [0.15, 0.2) is 6.10 Å². The van der Waals surface area contributed by atoms with Crippen molar-refractivity contribution in [1.82, 2.24) is 15.3 Å². The molecular weight excluding hydrogens is 360 g/mol. The van der Waals surface area contributed by atoms with E-state index in [-0.39, 0.29) is 18.2 Å². The molecule has 0 aliphatic carbocycles. The molecule has 8 nitrogen and oxygen atoms in total. The fourth-order valence-corrected chi connectivity index (χ4v) is 3.39. The highest BCUT2D eigenvalue weighted by Crippen LogP contribution is 2.30. The first-order chi connectivity index (χ1) is 13.7. The van der Waals surface area contributed by atoms with Gasteiger partial charge in [0.25, 0.3) is 0 Å². The maximum atomic E-state index is 11.8. The van der Waals surface area contributed by atoms with E-state index >= 15 is 0 Å². The first-order valence-corrected chi connectivity index (χ1v) is 9.18. The number of rotatable bonds is 6. The van der Waals surface area contributed by atoms with Crippen LogP contribution in [0.4, 0.5) is 10.7 Å². The molecule has 2 aliphatic heterocycles. The van der Waals surface area contributed by atoms with Crippen molar-refractivity contribution < 1.29 is 19.0 Å². The quantitative estimate of drug-likeness (QED) is 0.738. The van der Waals surface area contributed by atoms with Crippen molar-refractivity contribution in [3.8, 4) is 11.3 Å². The zero-order valence-corrected chi connectivity index (χ0v) is 15.3. The highest BCUT2D eigenvalue weighted by atomic mass is 16.6. The molecule has 2 fully saturated rings. The van der Waals surface area contributed by atoms with Gasteiger partial charge in [-0.2, -0.15) is 0 Å². The lowest BCUT2D eigenvalue weighted by molar-refractivity contribution is 0.00475. The molecule has 1 aromatic carbocycles. The highest BCUT2D eigenvalue weighted by Gasteiger charge is 2.49. The van der Waals surface area contributed by atoms with Crippen molar-refractivity contribution in [1.29, 1.82) is 0 Å². The predicted molar refractivity (Wildman–Crippen MR) is 103 cm³/mol. The number of carbonyl (C=O) groups excluding carboxylic acids is 1. The van der Waals surface area contributed by atoms with Crippen molar-refractivity contribution >= 4 is 12.0 Å². The number of nitrogens with zero attached hydrogens (tertiary/aromatic N) is 2. The minimum Gasteiger partial charge on any atom is -0.441 e. The lowest BCUT2D eigenvalue weighted by Gasteiger charge is -2.18. The number of alkyl carbamates (subject to hydrolysis) is 1. The van der Waals surface area contributed by atoms with Crippen molar-refractivity contribution in [2.75, 3.05) is 25.1 Å². The Morgan fingerprint density at radius 1 is 1.21 bits per heavy atom. The fourth-order valence-electron chi connectivity index (χ4n) is 3.39. The Bertz CT molecular complexity index is 832. The standard InChI is InChI=1S/C20H22N4O4/c1-2-9-22-20(25)28-16-12-27-17-15(11-26-18(16)17)24-19-21-10-8-14(23-19)13-6-4-3-5-7-13/h2-8,10,15-18H,1,9,11-12H2,(H,22,25)(H,21,23,24)/t15-,16+,17+,18+/m0/s1. The molecule has 8 heteroatoms. The van der Waals surface area contributed by atoms with Crippen LogP contribution in [0.2, 0.25) is 0 Å². The second kappa shape index (κ2) is 8.37. The van der Waals surface area contributed by atoms with Gasteiger partial charge in [-0.25, -0.2) is 14.8 Å². The molecule has 0 saturated carbocycles. The third-order valence-electron chi connectivity index (χ3n) is 4.70. The van der Waals surface area contributed by atoms with Crippen LogP contribution in [0.1, 0.15) is 0 Å². The minimum absolute atomic E-state index is 0.124. The topological polar surface area (TPSA) is 94.6 Å². The Hall–Kier alpha value is -2.97. The number of amides is 1. The summed E-state index contributed by atoms with van der Waals surface area (Å²) < 4.78 is 17.0. The van der Waals surface area contributed by atoms with E-state index < -0.39 is 12.2 Å². The van der Waals surface area contributed by atoms with Crippen LogP contribution >= 0.6 is 0 Å². The number of anilines is 1. The summed E-state index contributed by atoms with van der Waals surface area (Å²) in [6, 6.07) is 11.6.